The Bertz CT molecular complexity index is 717. The summed E-state index contributed by atoms with van der Waals surface area (Å²) in [5.74, 6) is 1.50. The molecule has 1 saturated carbocycles. The van der Waals surface area contributed by atoms with Crippen molar-refractivity contribution in [3.63, 3.8) is 0 Å². The van der Waals surface area contributed by atoms with Gasteiger partial charge in [-0.15, -0.1) is 0 Å². The average molecular weight is 307 g/mol. The zero-order valence-electron chi connectivity index (χ0n) is 13.2. The second-order valence-corrected chi connectivity index (χ2v) is 6.57. The van der Waals surface area contributed by atoms with E-state index in [9.17, 15) is 4.79 Å². The number of benzene rings is 2. The molecule has 2 aliphatic carbocycles. The maximum Gasteiger partial charge on any atom is 0.255 e. The summed E-state index contributed by atoms with van der Waals surface area (Å²) in [6.07, 6.45) is 6.05. The fourth-order valence-electron chi connectivity index (χ4n) is 3.05. The quantitative estimate of drug-likeness (QED) is 0.898. The van der Waals surface area contributed by atoms with E-state index in [4.69, 9.17) is 4.74 Å². The van der Waals surface area contributed by atoms with Gasteiger partial charge in [0.1, 0.15) is 5.75 Å². The highest BCUT2D eigenvalue weighted by molar-refractivity contribution is 6.04. The summed E-state index contributed by atoms with van der Waals surface area (Å²) >= 11 is 0. The first kappa shape index (κ1) is 14.3. The van der Waals surface area contributed by atoms with E-state index in [0.29, 0.717) is 5.56 Å². The Labute approximate surface area is 136 Å². The third-order valence-corrected chi connectivity index (χ3v) is 4.66. The van der Waals surface area contributed by atoms with Gasteiger partial charge in [-0.2, -0.15) is 0 Å². The molecule has 0 spiro atoms. The fourth-order valence-corrected chi connectivity index (χ4v) is 3.05. The summed E-state index contributed by atoms with van der Waals surface area (Å²) in [5.41, 5.74) is 4.32. The molecular weight excluding hydrogens is 286 g/mol. The van der Waals surface area contributed by atoms with Crippen LogP contribution in [0.15, 0.2) is 42.5 Å². The Morgan fingerprint density at radius 1 is 1.04 bits per heavy atom. The van der Waals surface area contributed by atoms with Gasteiger partial charge >= 0.3 is 0 Å². The van der Waals surface area contributed by atoms with Crippen LogP contribution in [0, 0.1) is 5.92 Å². The molecule has 1 N–H and O–H groups in total. The topological polar surface area (TPSA) is 38.3 Å². The van der Waals surface area contributed by atoms with Crippen LogP contribution in [-0.2, 0) is 12.8 Å². The van der Waals surface area contributed by atoms with Crippen molar-refractivity contribution in [2.45, 2.75) is 32.1 Å². The van der Waals surface area contributed by atoms with Gasteiger partial charge < -0.3 is 10.1 Å². The van der Waals surface area contributed by atoms with Crippen molar-refractivity contribution in [3.8, 4) is 5.75 Å². The van der Waals surface area contributed by atoms with E-state index in [2.05, 4.69) is 17.4 Å². The molecule has 0 unspecified atom stereocenters. The minimum Gasteiger partial charge on any atom is -0.493 e. The summed E-state index contributed by atoms with van der Waals surface area (Å²) < 4.78 is 5.70. The Morgan fingerprint density at radius 3 is 2.61 bits per heavy atom. The zero-order chi connectivity index (χ0) is 15.6. The van der Waals surface area contributed by atoms with Crippen molar-refractivity contribution in [1.82, 2.24) is 0 Å². The van der Waals surface area contributed by atoms with Gasteiger partial charge in [0, 0.05) is 11.3 Å². The number of anilines is 1. The monoisotopic (exact) mass is 307 g/mol. The first-order valence-electron chi connectivity index (χ1n) is 8.44. The van der Waals surface area contributed by atoms with Gasteiger partial charge in [-0.25, -0.2) is 0 Å². The van der Waals surface area contributed by atoms with Crippen LogP contribution >= 0.6 is 0 Å². The molecule has 0 aromatic heterocycles. The summed E-state index contributed by atoms with van der Waals surface area (Å²) in [6, 6.07) is 13.6. The van der Waals surface area contributed by atoms with Crippen molar-refractivity contribution >= 4 is 11.6 Å². The van der Waals surface area contributed by atoms with E-state index in [-0.39, 0.29) is 5.91 Å². The predicted molar refractivity (Wildman–Crippen MR) is 91.1 cm³/mol. The van der Waals surface area contributed by atoms with E-state index in [1.54, 1.807) is 0 Å². The number of hydrogen-bond donors (Lipinski definition) is 1. The molecule has 0 atom stereocenters. The van der Waals surface area contributed by atoms with Crippen LogP contribution in [0.25, 0.3) is 0 Å². The van der Waals surface area contributed by atoms with Crippen LogP contribution in [-0.4, -0.2) is 12.5 Å². The summed E-state index contributed by atoms with van der Waals surface area (Å²) in [4.78, 5) is 12.3. The molecule has 0 radical (unpaired) electrons. The first-order valence-corrected chi connectivity index (χ1v) is 8.44. The number of aryl methyl sites for hydroxylation is 2. The standard InChI is InChI=1S/C20H21NO2/c22-20(21-18-9-6-15-2-1-3-17(15)12-18)16-7-10-19(11-8-16)23-13-14-4-5-14/h6-12,14H,1-5,13H2,(H,21,22). The van der Waals surface area contributed by atoms with E-state index < -0.39 is 0 Å². The number of fused-ring (bicyclic) bond motifs is 1. The Balaban J connectivity index is 1.39. The molecule has 0 heterocycles. The third-order valence-electron chi connectivity index (χ3n) is 4.66. The third kappa shape index (κ3) is 3.39. The Morgan fingerprint density at radius 2 is 1.83 bits per heavy atom. The van der Waals surface area contributed by atoms with Crippen molar-refractivity contribution < 1.29 is 9.53 Å². The minimum atomic E-state index is -0.0725. The van der Waals surface area contributed by atoms with Gasteiger partial charge in [-0.05, 0) is 85.5 Å². The molecule has 2 aromatic rings. The molecule has 4 rings (SSSR count). The van der Waals surface area contributed by atoms with Gasteiger partial charge in [-0.3, -0.25) is 4.79 Å². The summed E-state index contributed by atoms with van der Waals surface area (Å²) in [7, 11) is 0. The molecule has 0 saturated heterocycles. The average Bonchev–Trinajstić information content (AvgIpc) is 3.29. The van der Waals surface area contributed by atoms with Crippen LogP contribution in [0.3, 0.4) is 0 Å². The van der Waals surface area contributed by atoms with Gasteiger partial charge in [0.05, 0.1) is 6.61 Å². The molecule has 23 heavy (non-hydrogen) atoms. The van der Waals surface area contributed by atoms with E-state index in [1.165, 1.54) is 30.4 Å². The van der Waals surface area contributed by atoms with Gasteiger partial charge in [0.15, 0.2) is 0 Å². The molecule has 3 nitrogen and oxygen atoms in total. The maximum atomic E-state index is 12.3. The molecule has 1 fully saturated rings. The number of amides is 1. The van der Waals surface area contributed by atoms with E-state index in [1.807, 2.05) is 30.3 Å². The SMILES string of the molecule is O=C(Nc1ccc2c(c1)CCC2)c1ccc(OCC2CC2)cc1. The minimum absolute atomic E-state index is 0.0725. The van der Waals surface area contributed by atoms with Crippen molar-refractivity contribution in [2.75, 3.05) is 11.9 Å². The molecule has 3 heteroatoms. The molecule has 0 aliphatic heterocycles. The molecule has 2 aliphatic rings. The van der Waals surface area contributed by atoms with Gasteiger partial charge in [0.25, 0.3) is 5.91 Å². The van der Waals surface area contributed by atoms with Gasteiger partial charge in [0.2, 0.25) is 0 Å². The lowest BCUT2D eigenvalue weighted by molar-refractivity contribution is 0.102. The highest BCUT2D eigenvalue weighted by Crippen LogP contribution is 2.29. The molecule has 2 aromatic carbocycles. The first-order chi connectivity index (χ1) is 11.3. The molecule has 118 valence electrons. The van der Waals surface area contributed by atoms with Crippen molar-refractivity contribution in [1.29, 1.82) is 0 Å². The smallest absolute Gasteiger partial charge is 0.255 e. The lowest BCUT2D eigenvalue weighted by Gasteiger charge is -2.09. The second-order valence-electron chi connectivity index (χ2n) is 6.57. The largest absolute Gasteiger partial charge is 0.493 e. The van der Waals surface area contributed by atoms with Crippen LogP contribution in [0.4, 0.5) is 5.69 Å². The van der Waals surface area contributed by atoms with Crippen LogP contribution in [0.1, 0.15) is 40.7 Å². The van der Waals surface area contributed by atoms with Crippen molar-refractivity contribution in [3.05, 3.63) is 59.2 Å². The fraction of sp³-hybridized carbons (Fsp3) is 0.350. The number of carbonyl (C=O) groups excluding carboxylic acids is 1. The zero-order valence-corrected chi connectivity index (χ0v) is 13.2. The van der Waals surface area contributed by atoms with E-state index in [0.717, 1.165) is 36.8 Å². The maximum absolute atomic E-state index is 12.3. The van der Waals surface area contributed by atoms with Crippen molar-refractivity contribution in [2.24, 2.45) is 5.92 Å². The lowest BCUT2D eigenvalue weighted by Crippen LogP contribution is -2.12. The summed E-state index contributed by atoms with van der Waals surface area (Å²) in [5, 5.41) is 2.99. The number of hydrogen-bond acceptors (Lipinski definition) is 2. The van der Waals surface area contributed by atoms with Crippen LogP contribution in [0.5, 0.6) is 5.75 Å². The molecule has 1 amide bonds. The Hall–Kier alpha value is -2.29. The number of ether oxygens (including phenoxy) is 1. The molecular formula is C20H21NO2. The predicted octanol–water partition coefficient (Wildman–Crippen LogP) is 4.22. The highest BCUT2D eigenvalue weighted by atomic mass is 16.5. The van der Waals surface area contributed by atoms with Gasteiger partial charge in [-0.1, -0.05) is 6.07 Å². The number of carbonyl (C=O) groups is 1. The normalized spacial score (nSPS) is 16.0. The Kier molecular flexibility index (Phi) is 3.78. The molecule has 0 bridgehead atoms. The van der Waals surface area contributed by atoms with Crippen LogP contribution in [0.2, 0.25) is 0 Å². The number of rotatable bonds is 5. The lowest BCUT2D eigenvalue weighted by atomic mass is 10.1. The van der Waals surface area contributed by atoms with E-state index >= 15 is 0 Å². The number of nitrogens with one attached hydrogen (secondary N) is 1. The highest BCUT2D eigenvalue weighted by Gasteiger charge is 2.21. The second kappa shape index (κ2) is 6.07. The van der Waals surface area contributed by atoms with Crippen LogP contribution < -0.4 is 10.1 Å². The summed E-state index contributed by atoms with van der Waals surface area (Å²) in [6.45, 7) is 0.792.